The summed E-state index contributed by atoms with van der Waals surface area (Å²) < 4.78 is 13.7. The molecule has 2 aromatic carbocycles. The number of hydrogen-bond donors (Lipinski definition) is 3. The van der Waals surface area contributed by atoms with Gasteiger partial charge in [0.15, 0.2) is 0 Å². The van der Waals surface area contributed by atoms with Gasteiger partial charge in [0.25, 0.3) is 0 Å². The molecule has 0 atom stereocenters. The molecule has 0 unspecified atom stereocenters. The lowest BCUT2D eigenvalue weighted by atomic mass is 9.78. The highest BCUT2D eigenvalue weighted by Crippen LogP contribution is 2.41. The Morgan fingerprint density at radius 1 is 1.08 bits per heavy atom. The fourth-order valence-corrected chi connectivity index (χ4v) is 3.66. The highest BCUT2D eigenvalue weighted by Gasteiger charge is 2.42. The molecule has 0 aromatic heterocycles. The van der Waals surface area contributed by atoms with Crippen LogP contribution in [0.1, 0.15) is 36.8 Å². The van der Waals surface area contributed by atoms with E-state index in [2.05, 4.69) is 10.6 Å². The Morgan fingerprint density at radius 3 is 2.50 bits per heavy atom. The van der Waals surface area contributed by atoms with E-state index >= 15 is 0 Å². The minimum atomic E-state index is -0.675. The first-order valence-electron chi connectivity index (χ1n) is 8.69. The summed E-state index contributed by atoms with van der Waals surface area (Å²) in [4.78, 5) is 23.9. The summed E-state index contributed by atoms with van der Waals surface area (Å²) in [5.41, 5.74) is 6.60. The normalized spacial score (nSPS) is 15.4. The van der Waals surface area contributed by atoms with Crippen LogP contribution in [-0.4, -0.2) is 11.9 Å². The Labute approximate surface area is 151 Å². The molecule has 0 aliphatic heterocycles. The number of rotatable bonds is 5. The summed E-state index contributed by atoms with van der Waals surface area (Å²) in [6.07, 6.45) is 3.32. The van der Waals surface area contributed by atoms with Gasteiger partial charge in [-0.05, 0) is 48.2 Å². The number of carbonyl (C=O) groups is 2. The van der Waals surface area contributed by atoms with Gasteiger partial charge in [-0.15, -0.1) is 0 Å². The fraction of sp³-hybridized carbons (Fsp3) is 0.300. The zero-order chi connectivity index (χ0) is 18.6. The van der Waals surface area contributed by atoms with Gasteiger partial charge in [0.05, 0.1) is 5.41 Å². The number of nitrogens with two attached hydrogens (primary N) is 1. The van der Waals surface area contributed by atoms with Crippen LogP contribution in [0, 0.1) is 5.82 Å². The predicted molar refractivity (Wildman–Crippen MR) is 98.0 cm³/mol. The van der Waals surface area contributed by atoms with Crippen LogP contribution in [0.2, 0.25) is 0 Å². The van der Waals surface area contributed by atoms with E-state index in [0.717, 1.165) is 24.0 Å². The number of primary amides is 1. The van der Waals surface area contributed by atoms with Gasteiger partial charge in [0, 0.05) is 12.2 Å². The number of amides is 3. The van der Waals surface area contributed by atoms with E-state index in [9.17, 15) is 14.0 Å². The van der Waals surface area contributed by atoms with E-state index in [0.29, 0.717) is 25.1 Å². The zero-order valence-corrected chi connectivity index (χ0v) is 14.4. The van der Waals surface area contributed by atoms with Crippen molar-refractivity contribution in [3.05, 3.63) is 65.5 Å². The van der Waals surface area contributed by atoms with Crippen LogP contribution in [0.15, 0.2) is 48.5 Å². The van der Waals surface area contributed by atoms with Gasteiger partial charge in [-0.2, -0.15) is 0 Å². The molecule has 0 heterocycles. The van der Waals surface area contributed by atoms with Crippen molar-refractivity contribution in [2.75, 3.05) is 5.32 Å². The van der Waals surface area contributed by atoms with Crippen molar-refractivity contribution in [3.63, 3.8) is 0 Å². The van der Waals surface area contributed by atoms with Crippen molar-refractivity contribution >= 4 is 17.6 Å². The molecule has 0 spiro atoms. The van der Waals surface area contributed by atoms with Crippen LogP contribution >= 0.6 is 0 Å². The van der Waals surface area contributed by atoms with Gasteiger partial charge in [-0.1, -0.05) is 37.1 Å². The molecule has 3 amide bonds. The molecule has 4 N–H and O–H groups in total. The largest absolute Gasteiger partial charge is 0.351 e. The van der Waals surface area contributed by atoms with Crippen LogP contribution in [0.3, 0.4) is 0 Å². The SMILES string of the molecule is NC(=O)Nc1cccc(CNC(=O)C2(c3cccc(F)c3)CCCC2)c1. The topological polar surface area (TPSA) is 84.2 Å². The quantitative estimate of drug-likeness (QED) is 0.767. The van der Waals surface area contributed by atoms with Gasteiger partial charge in [-0.3, -0.25) is 4.79 Å². The maximum atomic E-state index is 13.7. The molecule has 1 aliphatic rings. The molecule has 1 fully saturated rings. The summed E-state index contributed by atoms with van der Waals surface area (Å²) in [5.74, 6) is -0.416. The average molecular weight is 355 g/mol. The lowest BCUT2D eigenvalue weighted by Crippen LogP contribution is -2.42. The lowest BCUT2D eigenvalue weighted by molar-refractivity contribution is -0.126. The predicted octanol–water partition coefficient (Wildman–Crippen LogP) is 3.44. The maximum absolute atomic E-state index is 13.7. The number of carbonyl (C=O) groups excluding carboxylic acids is 2. The number of nitrogens with one attached hydrogen (secondary N) is 2. The van der Waals surface area contributed by atoms with Crippen molar-refractivity contribution in [1.82, 2.24) is 5.32 Å². The van der Waals surface area contributed by atoms with Gasteiger partial charge in [0.2, 0.25) is 5.91 Å². The molecule has 0 bridgehead atoms. The highest BCUT2D eigenvalue weighted by atomic mass is 19.1. The van der Waals surface area contributed by atoms with Gasteiger partial charge >= 0.3 is 6.03 Å². The van der Waals surface area contributed by atoms with Gasteiger partial charge in [-0.25, -0.2) is 9.18 Å². The zero-order valence-electron chi connectivity index (χ0n) is 14.4. The second kappa shape index (κ2) is 7.56. The van der Waals surface area contributed by atoms with Crippen LogP contribution in [0.25, 0.3) is 0 Å². The van der Waals surface area contributed by atoms with Gasteiger partial charge in [0.1, 0.15) is 5.82 Å². The summed E-state index contributed by atoms with van der Waals surface area (Å²) >= 11 is 0. The third-order valence-electron chi connectivity index (χ3n) is 4.92. The number of halogens is 1. The molecular weight excluding hydrogens is 333 g/mol. The van der Waals surface area contributed by atoms with Crippen molar-refractivity contribution in [2.45, 2.75) is 37.6 Å². The highest BCUT2D eigenvalue weighted by molar-refractivity contribution is 5.89. The Morgan fingerprint density at radius 2 is 1.81 bits per heavy atom. The minimum absolute atomic E-state index is 0.0890. The molecule has 2 aromatic rings. The minimum Gasteiger partial charge on any atom is -0.351 e. The number of hydrogen-bond acceptors (Lipinski definition) is 2. The third-order valence-corrected chi connectivity index (χ3v) is 4.92. The first-order valence-corrected chi connectivity index (χ1v) is 8.69. The van der Waals surface area contributed by atoms with E-state index in [1.54, 1.807) is 24.3 Å². The van der Waals surface area contributed by atoms with E-state index in [1.807, 2.05) is 12.1 Å². The summed E-state index contributed by atoms with van der Waals surface area (Å²) in [5, 5.41) is 5.49. The summed E-state index contributed by atoms with van der Waals surface area (Å²) in [6, 6.07) is 12.8. The van der Waals surface area contributed by atoms with Crippen LogP contribution < -0.4 is 16.4 Å². The molecule has 26 heavy (non-hydrogen) atoms. The second-order valence-electron chi connectivity index (χ2n) is 6.67. The van der Waals surface area contributed by atoms with Crippen LogP contribution in [0.4, 0.5) is 14.9 Å². The Hall–Kier alpha value is -2.89. The number of anilines is 1. The van der Waals surface area contributed by atoms with Crippen molar-refractivity contribution in [1.29, 1.82) is 0 Å². The standard InChI is InChI=1S/C20H22FN3O2/c21-16-7-4-6-15(12-16)20(9-1-2-10-20)18(25)23-13-14-5-3-8-17(11-14)24-19(22)26/h3-8,11-12H,1-2,9-10,13H2,(H,23,25)(H3,22,24,26). The number of benzene rings is 2. The fourth-order valence-electron chi connectivity index (χ4n) is 3.66. The molecular formula is C20H22FN3O2. The van der Waals surface area contributed by atoms with E-state index in [-0.39, 0.29) is 11.7 Å². The summed E-state index contributed by atoms with van der Waals surface area (Å²) in [7, 11) is 0. The van der Waals surface area contributed by atoms with E-state index < -0.39 is 11.4 Å². The summed E-state index contributed by atoms with van der Waals surface area (Å²) in [6.45, 7) is 0.324. The molecule has 3 rings (SSSR count). The average Bonchev–Trinajstić information content (AvgIpc) is 3.10. The molecule has 5 nitrogen and oxygen atoms in total. The Kier molecular flexibility index (Phi) is 5.21. The number of urea groups is 1. The molecule has 6 heteroatoms. The van der Waals surface area contributed by atoms with Crippen molar-refractivity contribution < 1.29 is 14.0 Å². The molecule has 136 valence electrons. The van der Waals surface area contributed by atoms with Crippen molar-refractivity contribution in [2.24, 2.45) is 5.73 Å². The van der Waals surface area contributed by atoms with Crippen molar-refractivity contribution in [3.8, 4) is 0 Å². The smallest absolute Gasteiger partial charge is 0.316 e. The van der Waals surface area contributed by atoms with E-state index in [1.165, 1.54) is 12.1 Å². The molecule has 1 aliphatic carbocycles. The third kappa shape index (κ3) is 3.85. The first-order chi connectivity index (χ1) is 12.5. The Bertz CT molecular complexity index is 816. The first kappa shape index (κ1) is 17.9. The molecule has 1 saturated carbocycles. The van der Waals surface area contributed by atoms with Crippen LogP contribution in [-0.2, 0) is 16.8 Å². The monoisotopic (exact) mass is 355 g/mol. The lowest BCUT2D eigenvalue weighted by Gasteiger charge is -2.28. The molecule has 0 radical (unpaired) electrons. The maximum Gasteiger partial charge on any atom is 0.316 e. The second-order valence-corrected chi connectivity index (χ2v) is 6.67. The van der Waals surface area contributed by atoms with Crippen LogP contribution in [0.5, 0.6) is 0 Å². The van der Waals surface area contributed by atoms with Gasteiger partial charge < -0.3 is 16.4 Å². The molecule has 0 saturated heterocycles. The van der Waals surface area contributed by atoms with E-state index in [4.69, 9.17) is 5.73 Å². The Balaban J connectivity index is 1.74.